The van der Waals surface area contributed by atoms with Crippen molar-refractivity contribution in [1.82, 2.24) is 9.80 Å². The average Bonchev–Trinajstić information content (AvgIpc) is 2.92. The van der Waals surface area contributed by atoms with Crippen LogP contribution < -0.4 is 5.73 Å². The van der Waals surface area contributed by atoms with Gasteiger partial charge in [-0.3, -0.25) is 24.0 Å². The molecule has 0 aromatic carbocycles. The second-order valence-electron chi connectivity index (χ2n) is 10.9. The molecule has 2 rings (SSSR count). The number of piperidine rings is 2. The van der Waals surface area contributed by atoms with Crippen molar-refractivity contribution >= 4 is 35.3 Å². The molecule has 218 valence electrons. The van der Waals surface area contributed by atoms with Gasteiger partial charge in [0.1, 0.15) is 12.1 Å². The van der Waals surface area contributed by atoms with Crippen LogP contribution in [0.25, 0.3) is 0 Å². The number of likely N-dealkylation sites (tertiary alicyclic amines) is 2. The van der Waals surface area contributed by atoms with Crippen LogP contribution in [-0.2, 0) is 28.8 Å². The Hall–Kier alpha value is -2.78. The molecule has 0 aromatic heterocycles. The topological polar surface area (TPSA) is 155 Å². The standard InChI is InChI=1S/C13H22N2O3.C13H21NO4.C2H6/c1-4-13(2,3)10(16)12(18)15-8-6-5-7-9(15)11(14)17;1-4-13(2,3)10(15)11(16)14-8-6-5-7-9(14)12(17)18;1-2/h9H,4-8H2,1-3H3,(H2,14,17);9H,4-8H2,1-3H3,(H,17,18);1-2H3. The number of nitrogens with two attached hydrogens (primary N) is 1. The summed E-state index contributed by atoms with van der Waals surface area (Å²) in [7, 11) is 0. The van der Waals surface area contributed by atoms with Crippen molar-refractivity contribution < 1.29 is 33.9 Å². The van der Waals surface area contributed by atoms with E-state index in [1.807, 2.05) is 27.7 Å². The van der Waals surface area contributed by atoms with Gasteiger partial charge in [-0.2, -0.15) is 0 Å². The van der Waals surface area contributed by atoms with Gasteiger partial charge in [0.15, 0.2) is 0 Å². The molecule has 2 saturated heterocycles. The van der Waals surface area contributed by atoms with Crippen LogP contribution in [0.1, 0.15) is 107 Å². The first-order valence-electron chi connectivity index (χ1n) is 13.8. The summed E-state index contributed by atoms with van der Waals surface area (Å²) >= 11 is 0. The van der Waals surface area contributed by atoms with Gasteiger partial charge in [0, 0.05) is 23.9 Å². The highest BCUT2D eigenvalue weighted by atomic mass is 16.4. The van der Waals surface area contributed by atoms with Crippen molar-refractivity contribution in [3.05, 3.63) is 0 Å². The number of ketones is 2. The van der Waals surface area contributed by atoms with Gasteiger partial charge < -0.3 is 20.6 Å². The molecule has 0 spiro atoms. The summed E-state index contributed by atoms with van der Waals surface area (Å²) < 4.78 is 0. The molecule has 3 amide bonds. The van der Waals surface area contributed by atoms with Crippen molar-refractivity contribution in [2.24, 2.45) is 16.6 Å². The second-order valence-corrected chi connectivity index (χ2v) is 10.9. The Morgan fingerprint density at radius 2 is 1.05 bits per heavy atom. The molecule has 38 heavy (non-hydrogen) atoms. The molecule has 0 saturated carbocycles. The average molecular weight is 540 g/mol. The molecule has 2 aliphatic heterocycles. The van der Waals surface area contributed by atoms with Crippen LogP contribution in [0.15, 0.2) is 0 Å². The number of carbonyl (C=O) groups excluding carboxylic acids is 5. The number of carboxylic acid groups (broad SMARTS) is 1. The van der Waals surface area contributed by atoms with E-state index in [-0.39, 0.29) is 0 Å². The smallest absolute Gasteiger partial charge is 0.326 e. The molecule has 2 aliphatic rings. The van der Waals surface area contributed by atoms with E-state index in [1.165, 1.54) is 9.80 Å². The van der Waals surface area contributed by atoms with E-state index in [1.54, 1.807) is 27.7 Å². The molecule has 0 bridgehead atoms. The number of carbonyl (C=O) groups is 6. The maximum absolute atomic E-state index is 12.2. The third-order valence-corrected chi connectivity index (χ3v) is 7.53. The van der Waals surface area contributed by atoms with E-state index in [4.69, 9.17) is 10.8 Å². The van der Waals surface area contributed by atoms with Crippen molar-refractivity contribution in [3.63, 3.8) is 0 Å². The van der Waals surface area contributed by atoms with E-state index in [9.17, 15) is 28.8 Å². The first kappa shape index (κ1) is 35.2. The van der Waals surface area contributed by atoms with Crippen LogP contribution in [-0.4, -0.2) is 75.3 Å². The predicted octanol–water partition coefficient (Wildman–Crippen LogP) is 3.34. The molecular formula is C28H49N3O7. The minimum absolute atomic E-state index is 0.362. The molecule has 0 aromatic rings. The minimum atomic E-state index is -1.02. The number of hydrogen-bond acceptors (Lipinski definition) is 6. The van der Waals surface area contributed by atoms with Gasteiger partial charge in [-0.1, -0.05) is 55.4 Å². The van der Waals surface area contributed by atoms with Crippen LogP contribution in [0.4, 0.5) is 0 Å². The highest BCUT2D eigenvalue weighted by Crippen LogP contribution is 2.26. The normalized spacial score (nSPS) is 19.7. The zero-order valence-corrected chi connectivity index (χ0v) is 24.6. The molecule has 2 fully saturated rings. The maximum Gasteiger partial charge on any atom is 0.326 e. The number of nitrogens with zero attached hydrogens (tertiary/aromatic N) is 2. The molecule has 2 unspecified atom stereocenters. The quantitative estimate of drug-likeness (QED) is 0.448. The van der Waals surface area contributed by atoms with Crippen molar-refractivity contribution in [2.75, 3.05) is 13.1 Å². The van der Waals surface area contributed by atoms with E-state index in [0.29, 0.717) is 38.8 Å². The molecule has 2 atom stereocenters. The molecule has 10 heteroatoms. The zero-order chi connectivity index (χ0) is 29.8. The summed E-state index contributed by atoms with van der Waals surface area (Å²) in [6.07, 6.45) is 5.36. The predicted molar refractivity (Wildman–Crippen MR) is 145 cm³/mol. The lowest BCUT2D eigenvalue weighted by atomic mass is 9.84. The molecule has 2 heterocycles. The summed E-state index contributed by atoms with van der Waals surface area (Å²) in [6, 6.07) is -1.47. The fourth-order valence-electron chi connectivity index (χ4n) is 4.06. The van der Waals surface area contributed by atoms with Crippen molar-refractivity contribution in [1.29, 1.82) is 0 Å². The number of aliphatic carboxylic acids is 1. The Bertz CT molecular complexity index is 797. The molecular weight excluding hydrogens is 490 g/mol. The highest BCUT2D eigenvalue weighted by Gasteiger charge is 2.40. The fourth-order valence-corrected chi connectivity index (χ4v) is 4.06. The van der Waals surface area contributed by atoms with Crippen molar-refractivity contribution in [3.8, 4) is 0 Å². The van der Waals surface area contributed by atoms with Crippen LogP contribution in [0.5, 0.6) is 0 Å². The number of primary amides is 1. The third-order valence-electron chi connectivity index (χ3n) is 7.53. The largest absolute Gasteiger partial charge is 0.480 e. The van der Waals surface area contributed by atoms with Gasteiger partial charge in [-0.05, 0) is 51.4 Å². The molecule has 0 aliphatic carbocycles. The van der Waals surface area contributed by atoms with Gasteiger partial charge in [-0.25, -0.2) is 4.79 Å². The minimum Gasteiger partial charge on any atom is -0.480 e. The Morgan fingerprint density at radius 1 is 0.711 bits per heavy atom. The van der Waals surface area contributed by atoms with Crippen LogP contribution in [0, 0.1) is 10.8 Å². The number of carboxylic acids is 1. The first-order valence-corrected chi connectivity index (χ1v) is 13.8. The Labute approximate surface area is 227 Å². The van der Waals surface area contributed by atoms with Crippen LogP contribution in [0.3, 0.4) is 0 Å². The lowest BCUT2D eigenvalue weighted by molar-refractivity contribution is -0.158. The molecule has 0 radical (unpaired) electrons. The van der Waals surface area contributed by atoms with Gasteiger partial charge in [-0.15, -0.1) is 0 Å². The number of amides is 3. The number of Topliss-reactive ketones (excluding diaryl/α,β-unsaturated/α-hetero) is 2. The van der Waals surface area contributed by atoms with E-state index in [0.717, 1.165) is 25.7 Å². The zero-order valence-electron chi connectivity index (χ0n) is 24.6. The monoisotopic (exact) mass is 539 g/mol. The van der Waals surface area contributed by atoms with Gasteiger partial charge in [0.2, 0.25) is 17.5 Å². The van der Waals surface area contributed by atoms with Crippen molar-refractivity contribution in [2.45, 2.75) is 119 Å². The van der Waals surface area contributed by atoms with Crippen LogP contribution in [0.2, 0.25) is 0 Å². The highest BCUT2D eigenvalue weighted by molar-refractivity contribution is 6.38. The van der Waals surface area contributed by atoms with E-state index < -0.39 is 58.2 Å². The maximum atomic E-state index is 12.2. The summed E-state index contributed by atoms with van der Waals surface area (Å²) in [6.45, 7) is 15.4. The molecule has 10 nitrogen and oxygen atoms in total. The summed E-state index contributed by atoms with van der Waals surface area (Å²) in [5, 5.41) is 9.09. The summed E-state index contributed by atoms with van der Waals surface area (Å²) in [4.78, 5) is 73.5. The SMILES string of the molecule is CC.CCC(C)(C)C(=O)C(=O)N1CCCCC1C(=O)O.CCC(C)(C)C(=O)C(=O)N1CCCCC1C(N)=O. The summed E-state index contributed by atoms with van der Waals surface area (Å²) in [5.74, 6) is -3.68. The lowest BCUT2D eigenvalue weighted by Crippen LogP contribution is -2.54. The Morgan fingerprint density at radius 3 is 1.37 bits per heavy atom. The van der Waals surface area contributed by atoms with E-state index in [2.05, 4.69) is 0 Å². The third kappa shape index (κ3) is 9.20. The van der Waals surface area contributed by atoms with E-state index >= 15 is 0 Å². The fraction of sp³-hybridized carbons (Fsp3) is 0.786. The first-order chi connectivity index (χ1) is 17.6. The van der Waals surface area contributed by atoms with Crippen LogP contribution >= 0.6 is 0 Å². The lowest BCUT2D eigenvalue weighted by Gasteiger charge is -2.35. The van der Waals surface area contributed by atoms with Gasteiger partial charge >= 0.3 is 5.97 Å². The van der Waals surface area contributed by atoms with Gasteiger partial charge in [0.05, 0.1) is 0 Å². The summed E-state index contributed by atoms with van der Waals surface area (Å²) in [5.41, 5.74) is 3.88. The van der Waals surface area contributed by atoms with Gasteiger partial charge in [0.25, 0.3) is 11.8 Å². The molecule has 3 N–H and O–H groups in total. The number of hydrogen-bond donors (Lipinski definition) is 2. The Balaban J connectivity index is 0.000000676. The number of rotatable bonds is 8. The Kier molecular flexibility index (Phi) is 14.4. The second kappa shape index (κ2) is 15.6.